The molecule has 6 aromatic carbocycles. The van der Waals surface area contributed by atoms with Crippen LogP contribution in [0.4, 0.5) is 0 Å². The van der Waals surface area contributed by atoms with Crippen LogP contribution in [-0.4, -0.2) is 9.55 Å². The third-order valence-corrected chi connectivity index (χ3v) is 7.11. The van der Waals surface area contributed by atoms with Gasteiger partial charge in [0.1, 0.15) is 5.82 Å². The van der Waals surface area contributed by atoms with Crippen LogP contribution in [0.1, 0.15) is 5.82 Å². The first-order valence-corrected chi connectivity index (χ1v) is 12.3. The molecule has 0 aliphatic carbocycles. The smallest absolute Gasteiger partial charge is 0.111 e. The minimum Gasteiger partial charge on any atom is -0.297 e. The van der Waals surface area contributed by atoms with Gasteiger partial charge in [0.25, 0.3) is 0 Å². The second kappa shape index (κ2) is 8.21. The van der Waals surface area contributed by atoms with Crippen LogP contribution >= 0.6 is 0 Å². The predicted octanol–water partition coefficient (Wildman–Crippen LogP) is 8.97. The van der Waals surface area contributed by atoms with Gasteiger partial charge >= 0.3 is 0 Å². The zero-order valence-corrected chi connectivity index (χ0v) is 20.0. The number of imidazole rings is 1. The number of benzene rings is 6. The van der Waals surface area contributed by atoms with Gasteiger partial charge in [0.2, 0.25) is 0 Å². The highest BCUT2D eigenvalue weighted by atomic mass is 15.1. The molecule has 0 saturated heterocycles. The van der Waals surface area contributed by atoms with Gasteiger partial charge in [-0.3, -0.25) is 4.57 Å². The third kappa shape index (κ3) is 3.47. The Morgan fingerprint density at radius 3 is 1.61 bits per heavy atom. The van der Waals surface area contributed by atoms with Gasteiger partial charge in [-0.25, -0.2) is 4.98 Å². The summed E-state index contributed by atoms with van der Waals surface area (Å²) < 4.78 is 2.24. The minimum absolute atomic E-state index is 0.985. The summed E-state index contributed by atoms with van der Waals surface area (Å²) in [6.07, 6.45) is 0. The maximum Gasteiger partial charge on any atom is 0.111 e. The zero-order chi connectivity index (χ0) is 24.1. The molecule has 0 saturated carbocycles. The summed E-state index contributed by atoms with van der Waals surface area (Å²) in [5, 5.41) is 5.04. The summed E-state index contributed by atoms with van der Waals surface area (Å²) in [7, 11) is 0. The molecule has 0 unspecified atom stereocenters. The van der Waals surface area contributed by atoms with Crippen molar-refractivity contribution in [3.05, 3.63) is 133 Å². The van der Waals surface area contributed by atoms with E-state index in [2.05, 4.69) is 139 Å². The molecule has 1 aromatic heterocycles. The summed E-state index contributed by atoms with van der Waals surface area (Å²) in [5.41, 5.74) is 8.09. The molecule has 0 atom stereocenters. The summed E-state index contributed by atoms with van der Waals surface area (Å²) in [4.78, 5) is 4.92. The van der Waals surface area contributed by atoms with Crippen molar-refractivity contribution in [2.75, 3.05) is 0 Å². The summed E-state index contributed by atoms with van der Waals surface area (Å²) in [6.45, 7) is 2.08. The number of aryl methyl sites for hydroxylation is 1. The first-order valence-electron chi connectivity index (χ1n) is 12.3. The Bertz CT molecular complexity index is 1890. The second-order valence-corrected chi connectivity index (χ2v) is 9.37. The normalized spacial score (nSPS) is 11.5. The zero-order valence-electron chi connectivity index (χ0n) is 20.0. The molecule has 0 radical (unpaired) electrons. The molecular weight excluding hydrogens is 436 g/mol. The molecule has 0 spiro atoms. The topological polar surface area (TPSA) is 17.8 Å². The van der Waals surface area contributed by atoms with Gasteiger partial charge in [0, 0.05) is 5.69 Å². The SMILES string of the molecule is Cc1nc2cc(-c3ccc4ccccc4c3)ccc2n1-c1ccc(-c2ccc3ccccc3c2)cc1. The fourth-order valence-corrected chi connectivity index (χ4v) is 5.25. The van der Waals surface area contributed by atoms with Gasteiger partial charge in [-0.15, -0.1) is 0 Å². The van der Waals surface area contributed by atoms with Crippen molar-refractivity contribution in [2.45, 2.75) is 6.92 Å². The first-order chi connectivity index (χ1) is 17.7. The maximum atomic E-state index is 4.92. The van der Waals surface area contributed by atoms with Gasteiger partial charge in [-0.2, -0.15) is 0 Å². The van der Waals surface area contributed by atoms with Gasteiger partial charge in [-0.05, 0) is 87.1 Å². The molecule has 2 nitrogen and oxygen atoms in total. The fourth-order valence-electron chi connectivity index (χ4n) is 5.25. The number of fused-ring (bicyclic) bond motifs is 3. The third-order valence-electron chi connectivity index (χ3n) is 7.11. The van der Waals surface area contributed by atoms with Crippen molar-refractivity contribution in [1.82, 2.24) is 9.55 Å². The van der Waals surface area contributed by atoms with Crippen LogP contribution < -0.4 is 0 Å². The van der Waals surface area contributed by atoms with Gasteiger partial charge < -0.3 is 0 Å². The molecule has 0 aliphatic heterocycles. The molecule has 0 N–H and O–H groups in total. The average molecular weight is 461 g/mol. The monoisotopic (exact) mass is 460 g/mol. The van der Waals surface area contributed by atoms with Crippen molar-refractivity contribution < 1.29 is 0 Å². The minimum atomic E-state index is 0.985. The van der Waals surface area contributed by atoms with E-state index in [1.807, 2.05) is 0 Å². The van der Waals surface area contributed by atoms with Crippen molar-refractivity contribution in [1.29, 1.82) is 0 Å². The highest BCUT2D eigenvalue weighted by Gasteiger charge is 2.11. The second-order valence-electron chi connectivity index (χ2n) is 9.37. The van der Waals surface area contributed by atoms with E-state index in [0.29, 0.717) is 0 Å². The highest BCUT2D eigenvalue weighted by molar-refractivity contribution is 5.90. The lowest BCUT2D eigenvalue weighted by Crippen LogP contribution is -1.96. The van der Waals surface area contributed by atoms with E-state index >= 15 is 0 Å². The average Bonchev–Trinajstić information content (AvgIpc) is 3.27. The number of nitrogens with zero attached hydrogens (tertiary/aromatic N) is 2. The molecule has 7 aromatic rings. The molecule has 0 amide bonds. The standard InChI is InChI=1S/C34H24N2/c1-23-35-33-22-31(30-13-11-25-7-3-5-9-28(25)21-30)16-19-34(33)36(23)32-17-14-26(15-18-32)29-12-10-24-6-2-4-8-27(24)20-29/h2-22H,1H3. The van der Waals surface area contributed by atoms with Crippen molar-refractivity contribution in [3.8, 4) is 27.9 Å². The number of hydrogen-bond donors (Lipinski definition) is 0. The molecule has 0 fully saturated rings. The Hall–Kier alpha value is -4.69. The molecule has 0 aliphatic rings. The molecule has 36 heavy (non-hydrogen) atoms. The van der Waals surface area contributed by atoms with E-state index < -0.39 is 0 Å². The summed E-state index contributed by atoms with van der Waals surface area (Å²) in [5.74, 6) is 0.985. The van der Waals surface area contributed by atoms with Crippen LogP contribution in [0, 0.1) is 6.92 Å². The molecule has 0 bridgehead atoms. The predicted molar refractivity (Wildman–Crippen MR) is 152 cm³/mol. The van der Waals surface area contributed by atoms with E-state index in [-0.39, 0.29) is 0 Å². The maximum absolute atomic E-state index is 4.92. The number of aromatic nitrogens is 2. The Balaban J connectivity index is 1.25. The van der Waals surface area contributed by atoms with Crippen LogP contribution in [0.5, 0.6) is 0 Å². The number of hydrogen-bond acceptors (Lipinski definition) is 1. The van der Waals surface area contributed by atoms with Crippen LogP contribution in [0.3, 0.4) is 0 Å². The lowest BCUT2D eigenvalue weighted by molar-refractivity contribution is 1.00. The van der Waals surface area contributed by atoms with Gasteiger partial charge in [0.15, 0.2) is 0 Å². The van der Waals surface area contributed by atoms with E-state index in [9.17, 15) is 0 Å². The van der Waals surface area contributed by atoms with Crippen LogP contribution in [0.2, 0.25) is 0 Å². The Morgan fingerprint density at radius 2 is 0.972 bits per heavy atom. The molecule has 1 heterocycles. The lowest BCUT2D eigenvalue weighted by Gasteiger charge is -2.10. The first kappa shape index (κ1) is 20.7. The molecular formula is C34H24N2. The van der Waals surface area contributed by atoms with Gasteiger partial charge in [0.05, 0.1) is 11.0 Å². The van der Waals surface area contributed by atoms with Crippen LogP contribution in [0.15, 0.2) is 127 Å². The van der Waals surface area contributed by atoms with Crippen molar-refractivity contribution in [2.24, 2.45) is 0 Å². The largest absolute Gasteiger partial charge is 0.297 e. The van der Waals surface area contributed by atoms with E-state index in [1.54, 1.807) is 0 Å². The van der Waals surface area contributed by atoms with Crippen molar-refractivity contribution >= 4 is 32.6 Å². The Morgan fingerprint density at radius 1 is 0.472 bits per heavy atom. The van der Waals surface area contributed by atoms with Gasteiger partial charge in [-0.1, -0.05) is 91.0 Å². The van der Waals surface area contributed by atoms with Crippen LogP contribution in [0.25, 0.3) is 60.5 Å². The highest BCUT2D eigenvalue weighted by Crippen LogP contribution is 2.30. The van der Waals surface area contributed by atoms with Crippen LogP contribution in [-0.2, 0) is 0 Å². The Kier molecular flexibility index (Phi) is 4.71. The summed E-state index contributed by atoms with van der Waals surface area (Å²) >= 11 is 0. The number of rotatable bonds is 3. The molecule has 7 rings (SSSR count). The quantitative estimate of drug-likeness (QED) is 0.257. The Labute approximate surface area is 210 Å². The van der Waals surface area contributed by atoms with Crippen molar-refractivity contribution in [3.63, 3.8) is 0 Å². The molecule has 2 heteroatoms. The summed E-state index contributed by atoms with van der Waals surface area (Å²) in [6, 6.07) is 45.7. The van der Waals surface area contributed by atoms with E-state index in [0.717, 1.165) is 22.5 Å². The lowest BCUT2D eigenvalue weighted by atomic mass is 10.0. The fraction of sp³-hybridized carbons (Fsp3) is 0.0294. The molecule has 170 valence electrons. The van der Waals surface area contributed by atoms with E-state index in [1.165, 1.54) is 43.8 Å². The van der Waals surface area contributed by atoms with E-state index in [4.69, 9.17) is 4.98 Å².